The number of rotatable bonds is 2. The van der Waals surface area contributed by atoms with Crippen LogP contribution in [0, 0.1) is 6.92 Å². The molecule has 0 spiro atoms. The van der Waals surface area contributed by atoms with Crippen LogP contribution in [0.15, 0.2) is 11.0 Å². The zero-order valence-electron chi connectivity index (χ0n) is 8.03. The van der Waals surface area contributed by atoms with Gasteiger partial charge >= 0.3 is 0 Å². The highest BCUT2D eigenvalue weighted by Crippen LogP contribution is 2.22. The third-order valence-corrected chi connectivity index (χ3v) is 2.53. The Kier molecular flexibility index (Phi) is 3.75. The lowest BCUT2D eigenvalue weighted by Crippen LogP contribution is -1.76. The summed E-state index contributed by atoms with van der Waals surface area (Å²) in [5.74, 6) is 0. The Morgan fingerprint density at radius 2 is 2.23 bits per heavy atom. The van der Waals surface area contributed by atoms with E-state index in [-0.39, 0.29) is 0 Å². The molecule has 0 aliphatic carbocycles. The summed E-state index contributed by atoms with van der Waals surface area (Å²) in [4.78, 5) is 6.60. The van der Waals surface area contributed by atoms with Crippen LogP contribution in [-0.4, -0.2) is 4.98 Å². The molecule has 0 aliphatic rings. The molecule has 1 nitrogen and oxygen atoms in total. The first-order chi connectivity index (χ1) is 6.13. The average Bonchev–Trinajstić information content (AvgIpc) is 2.31. The first-order valence-corrected chi connectivity index (χ1v) is 5.37. The molecule has 0 N–H and O–H groups in total. The van der Waals surface area contributed by atoms with Gasteiger partial charge < -0.3 is 0 Å². The van der Waals surface area contributed by atoms with E-state index >= 15 is 0 Å². The minimum Gasteiger partial charge on any atom is -0.241 e. The first-order valence-electron chi connectivity index (χ1n) is 4.11. The highest BCUT2D eigenvalue weighted by atomic mass is 32.1. The fourth-order valence-corrected chi connectivity index (χ4v) is 2.03. The number of thiol groups is 1. The first kappa shape index (κ1) is 10.5. The van der Waals surface area contributed by atoms with Crippen molar-refractivity contribution in [2.75, 3.05) is 0 Å². The lowest BCUT2D eigenvalue weighted by Gasteiger charge is -1.90. The summed E-state index contributed by atoms with van der Waals surface area (Å²) >= 11 is 5.94. The molecule has 1 heterocycles. The molecule has 0 fully saturated rings. The van der Waals surface area contributed by atoms with Gasteiger partial charge in [-0.2, -0.15) is 0 Å². The van der Waals surface area contributed by atoms with Crippen molar-refractivity contribution in [1.82, 2.24) is 4.98 Å². The largest absolute Gasteiger partial charge is 0.241 e. The van der Waals surface area contributed by atoms with Gasteiger partial charge in [0.05, 0.1) is 15.6 Å². The van der Waals surface area contributed by atoms with E-state index in [1.807, 2.05) is 32.9 Å². The van der Waals surface area contributed by atoms with Crippen LogP contribution < -0.4 is 0 Å². The van der Waals surface area contributed by atoms with Crippen LogP contribution in [0.5, 0.6) is 0 Å². The molecule has 13 heavy (non-hydrogen) atoms. The fraction of sp³-hybridized carbons (Fsp3) is 0.300. The molecule has 0 saturated heterocycles. The van der Waals surface area contributed by atoms with Crippen molar-refractivity contribution in [3.63, 3.8) is 0 Å². The summed E-state index contributed by atoms with van der Waals surface area (Å²) in [7, 11) is 0. The maximum atomic E-state index is 4.41. The van der Waals surface area contributed by atoms with Crippen molar-refractivity contribution >= 4 is 36.1 Å². The van der Waals surface area contributed by atoms with Gasteiger partial charge in [0.1, 0.15) is 0 Å². The van der Waals surface area contributed by atoms with Crippen LogP contribution >= 0.6 is 24.0 Å². The van der Waals surface area contributed by atoms with Crippen LogP contribution in [0.3, 0.4) is 0 Å². The number of allylic oxidation sites excluding steroid dienone is 2. The number of hydrogen-bond acceptors (Lipinski definition) is 3. The summed E-state index contributed by atoms with van der Waals surface area (Å²) in [5, 5.41) is 1.09. The maximum absolute atomic E-state index is 4.41. The average molecular weight is 211 g/mol. The second-order valence-corrected chi connectivity index (χ2v) is 4.71. The molecule has 1 aromatic heterocycles. The van der Waals surface area contributed by atoms with E-state index in [9.17, 15) is 0 Å². The van der Waals surface area contributed by atoms with E-state index in [1.165, 1.54) is 4.88 Å². The Labute approximate surface area is 88.6 Å². The number of thiazole rings is 1. The Hall–Kier alpha value is -0.540. The van der Waals surface area contributed by atoms with Crippen molar-refractivity contribution in [1.29, 1.82) is 0 Å². The van der Waals surface area contributed by atoms with Gasteiger partial charge in [-0.3, -0.25) is 0 Å². The van der Waals surface area contributed by atoms with Crippen molar-refractivity contribution in [3.05, 3.63) is 26.6 Å². The molecule has 0 amide bonds. The van der Waals surface area contributed by atoms with Gasteiger partial charge in [0.15, 0.2) is 0 Å². The van der Waals surface area contributed by atoms with Crippen LogP contribution in [0.25, 0.3) is 12.2 Å². The molecule has 1 aromatic rings. The zero-order chi connectivity index (χ0) is 9.84. The number of hydrogen-bond donors (Lipinski definition) is 1. The number of aromatic nitrogens is 1. The minimum atomic E-state index is 0.982. The number of nitrogens with zero attached hydrogens (tertiary/aromatic N) is 1. The summed E-state index contributed by atoms with van der Waals surface area (Å²) in [5.41, 5.74) is 1.02. The smallest absolute Gasteiger partial charge is 0.0907 e. The molecular formula is C10H13NS2. The molecule has 0 atom stereocenters. The highest BCUT2D eigenvalue weighted by Gasteiger charge is 2.02. The topological polar surface area (TPSA) is 12.9 Å². The van der Waals surface area contributed by atoms with Gasteiger partial charge in [-0.1, -0.05) is 6.08 Å². The summed E-state index contributed by atoms with van der Waals surface area (Å²) in [6.45, 7) is 5.98. The van der Waals surface area contributed by atoms with Gasteiger partial charge in [0, 0.05) is 0 Å². The van der Waals surface area contributed by atoms with Gasteiger partial charge in [0.2, 0.25) is 0 Å². The third kappa shape index (κ3) is 3.01. The van der Waals surface area contributed by atoms with Gasteiger partial charge in [0.25, 0.3) is 0 Å². The molecular weight excluding hydrogens is 198 g/mol. The molecule has 0 aromatic carbocycles. The van der Waals surface area contributed by atoms with Gasteiger partial charge in [-0.05, 0) is 37.8 Å². The molecule has 1 rings (SSSR count). The highest BCUT2D eigenvalue weighted by molar-refractivity contribution is 7.84. The lowest BCUT2D eigenvalue weighted by atomic mass is 10.3. The normalized spacial score (nSPS) is 12.8. The number of aryl methyl sites for hydroxylation is 1. The summed E-state index contributed by atoms with van der Waals surface area (Å²) in [6, 6.07) is 0. The quantitative estimate of drug-likeness (QED) is 0.735. The predicted octanol–water partition coefficient (Wildman–Crippen LogP) is 3.78. The molecule has 3 heteroatoms. The van der Waals surface area contributed by atoms with Crippen molar-refractivity contribution < 1.29 is 0 Å². The molecule has 70 valence electrons. The van der Waals surface area contributed by atoms with E-state index in [0.717, 1.165) is 15.6 Å². The third-order valence-electron chi connectivity index (χ3n) is 1.45. The van der Waals surface area contributed by atoms with Crippen LogP contribution in [0.4, 0.5) is 0 Å². The Balaban J connectivity index is 3.11. The predicted molar refractivity (Wildman–Crippen MR) is 64.2 cm³/mol. The second kappa shape index (κ2) is 4.63. The molecule has 0 bridgehead atoms. The van der Waals surface area contributed by atoms with Crippen molar-refractivity contribution in [2.45, 2.75) is 20.8 Å². The summed E-state index contributed by atoms with van der Waals surface area (Å²) in [6.07, 6.45) is 6.09. The Morgan fingerprint density at radius 3 is 2.77 bits per heavy atom. The van der Waals surface area contributed by atoms with Crippen LogP contribution in [-0.2, 0) is 0 Å². The standard InChI is InChI=1S/C10H13NS2/c1-4-5-10-9(6-7(2)12)11-8(3)13-10/h4-6,12H,1-3H3/b5-4-,7-6+. The summed E-state index contributed by atoms with van der Waals surface area (Å²) < 4.78 is 0. The van der Waals surface area contributed by atoms with Crippen molar-refractivity contribution in [2.24, 2.45) is 0 Å². The SMILES string of the molecule is C/C=C\c1sc(C)nc1/C=C(\C)S. The monoisotopic (exact) mass is 211 g/mol. The van der Waals surface area contributed by atoms with E-state index in [0.29, 0.717) is 0 Å². The fourth-order valence-electron chi connectivity index (χ4n) is 1.03. The van der Waals surface area contributed by atoms with E-state index in [2.05, 4.69) is 23.7 Å². The maximum Gasteiger partial charge on any atom is 0.0907 e. The van der Waals surface area contributed by atoms with Crippen molar-refractivity contribution in [3.8, 4) is 0 Å². The van der Waals surface area contributed by atoms with Gasteiger partial charge in [-0.25, -0.2) is 4.98 Å². The molecule has 0 radical (unpaired) electrons. The molecule has 0 unspecified atom stereocenters. The van der Waals surface area contributed by atoms with Crippen LogP contribution in [0.1, 0.15) is 29.4 Å². The van der Waals surface area contributed by atoms with E-state index < -0.39 is 0 Å². The minimum absolute atomic E-state index is 0.982. The van der Waals surface area contributed by atoms with Crippen LogP contribution in [0.2, 0.25) is 0 Å². The lowest BCUT2D eigenvalue weighted by molar-refractivity contribution is 1.27. The van der Waals surface area contributed by atoms with E-state index in [1.54, 1.807) is 11.3 Å². The van der Waals surface area contributed by atoms with Gasteiger partial charge in [-0.15, -0.1) is 24.0 Å². The molecule has 0 saturated carbocycles. The molecule has 0 aliphatic heterocycles. The second-order valence-electron chi connectivity index (χ2n) is 2.77. The zero-order valence-corrected chi connectivity index (χ0v) is 9.75. The Morgan fingerprint density at radius 1 is 1.54 bits per heavy atom. The van der Waals surface area contributed by atoms with E-state index in [4.69, 9.17) is 0 Å². The Bertz CT molecular complexity index is 344.